The van der Waals surface area contributed by atoms with E-state index in [1.165, 1.54) is 17.0 Å². The van der Waals surface area contributed by atoms with Gasteiger partial charge in [-0.1, -0.05) is 6.07 Å². The molecule has 0 saturated carbocycles. The maximum atomic E-state index is 14.1. The van der Waals surface area contributed by atoms with E-state index in [2.05, 4.69) is 9.97 Å². The number of nitriles is 1. The van der Waals surface area contributed by atoms with Crippen molar-refractivity contribution >= 4 is 17.9 Å². The van der Waals surface area contributed by atoms with Crippen LogP contribution in [0.1, 0.15) is 25.3 Å². The normalized spacial score (nSPS) is 21.4. The summed E-state index contributed by atoms with van der Waals surface area (Å²) < 4.78 is 14.5. The van der Waals surface area contributed by atoms with Gasteiger partial charge in [0, 0.05) is 18.2 Å². The van der Waals surface area contributed by atoms with E-state index in [0.29, 0.717) is 34.6 Å². The van der Waals surface area contributed by atoms with Crippen molar-refractivity contribution in [1.82, 2.24) is 19.4 Å². The van der Waals surface area contributed by atoms with Crippen LogP contribution >= 0.6 is 0 Å². The Balaban J connectivity index is 1.97. The van der Waals surface area contributed by atoms with Crippen molar-refractivity contribution in [1.29, 1.82) is 5.26 Å². The van der Waals surface area contributed by atoms with Crippen molar-refractivity contribution in [3.8, 4) is 17.3 Å². The number of likely N-dealkylation sites (N-methyl/N-ethyl adjacent to an activating group) is 2. The van der Waals surface area contributed by atoms with E-state index in [4.69, 9.17) is 11.0 Å². The van der Waals surface area contributed by atoms with Gasteiger partial charge in [0.25, 0.3) is 0 Å². The molecular weight excluding hydrogens is 375 g/mol. The van der Waals surface area contributed by atoms with Gasteiger partial charge in [-0.05, 0) is 31.9 Å². The topological polar surface area (TPSA) is 116 Å². The van der Waals surface area contributed by atoms with Crippen LogP contribution in [0, 0.1) is 17.1 Å². The number of benzene rings is 1. The molecule has 0 radical (unpaired) electrons. The Kier molecular flexibility index (Phi) is 5.66. The third-order valence-corrected chi connectivity index (χ3v) is 5.50. The van der Waals surface area contributed by atoms with Crippen molar-refractivity contribution < 1.29 is 14.3 Å². The molecule has 3 N–H and O–H groups in total. The second kappa shape index (κ2) is 8.01. The molecule has 8 nitrogen and oxygen atoms in total. The molecule has 2 aromatic rings. The number of carbonyl (C=O) groups is 1. The summed E-state index contributed by atoms with van der Waals surface area (Å²) in [5.74, 6) is 0.0972. The lowest BCUT2D eigenvalue weighted by atomic mass is 10.0. The molecule has 1 aliphatic rings. The molecule has 0 spiro atoms. The highest BCUT2D eigenvalue weighted by Gasteiger charge is 2.38. The first-order valence-electron chi connectivity index (χ1n) is 9.46. The van der Waals surface area contributed by atoms with Crippen molar-refractivity contribution in [2.75, 3.05) is 32.4 Å². The number of piperidine rings is 1. The summed E-state index contributed by atoms with van der Waals surface area (Å²) >= 11 is 0. The fourth-order valence-corrected chi connectivity index (χ4v) is 3.98. The number of anilines is 1. The van der Waals surface area contributed by atoms with Crippen molar-refractivity contribution in [2.24, 2.45) is 0 Å². The highest BCUT2D eigenvalue weighted by atomic mass is 19.1. The SMILES string of the molecule is CCN(C(=O)O)[C@@H]1CCC[N+](C)(c2cc(-c3ccc(C#N)c(F)c3)nc(N)n2)C1. The molecule has 1 aromatic heterocycles. The number of hydrogen-bond donors (Lipinski definition) is 2. The predicted octanol–water partition coefficient (Wildman–Crippen LogP) is 2.84. The standard InChI is InChI=1S/C20H23FN6O2/c1-3-26(20(28)29)15-5-4-8-27(2,12-15)18-10-17(24-19(23)25-18)13-6-7-14(11-22)16(21)9-13/h6-7,9-10,15H,3-5,8,12H2,1-2H3,(H2-,23,24,25,28,29)/p+1/t15-,27?/m1/s1. The van der Waals surface area contributed by atoms with Crippen molar-refractivity contribution in [3.05, 3.63) is 35.6 Å². The molecule has 29 heavy (non-hydrogen) atoms. The summed E-state index contributed by atoms with van der Waals surface area (Å²) in [6, 6.07) is 7.72. The molecule has 2 heterocycles. The molecule has 1 fully saturated rings. The number of nitrogen functional groups attached to an aromatic ring is 1. The highest BCUT2D eigenvalue weighted by Crippen LogP contribution is 2.31. The number of nitrogens with two attached hydrogens (primary N) is 1. The molecule has 0 aliphatic carbocycles. The maximum Gasteiger partial charge on any atom is 0.407 e. The summed E-state index contributed by atoms with van der Waals surface area (Å²) in [7, 11) is 1.99. The van der Waals surface area contributed by atoms with Gasteiger partial charge in [0.1, 0.15) is 18.4 Å². The zero-order chi connectivity index (χ0) is 21.2. The summed E-state index contributed by atoms with van der Waals surface area (Å²) in [5.41, 5.74) is 6.86. The Labute approximate surface area is 168 Å². The van der Waals surface area contributed by atoms with E-state index in [1.54, 1.807) is 18.2 Å². The summed E-state index contributed by atoms with van der Waals surface area (Å²) in [5, 5.41) is 18.4. The van der Waals surface area contributed by atoms with E-state index >= 15 is 0 Å². The van der Waals surface area contributed by atoms with Crippen LogP contribution in [-0.4, -0.2) is 58.8 Å². The number of amides is 1. The zero-order valence-electron chi connectivity index (χ0n) is 16.5. The zero-order valence-corrected chi connectivity index (χ0v) is 16.5. The fourth-order valence-electron chi connectivity index (χ4n) is 3.98. The number of rotatable bonds is 4. The number of aromatic nitrogens is 2. The summed E-state index contributed by atoms with van der Waals surface area (Å²) in [6.45, 7) is 3.60. The lowest BCUT2D eigenvalue weighted by Gasteiger charge is -2.42. The second-order valence-corrected chi connectivity index (χ2v) is 7.44. The van der Waals surface area contributed by atoms with E-state index < -0.39 is 11.9 Å². The molecular formula is C20H24FN6O2+. The first kappa shape index (κ1) is 20.5. The number of hydrogen-bond acceptors (Lipinski definition) is 5. The lowest BCUT2D eigenvalue weighted by molar-refractivity contribution is 0.0955. The molecule has 3 rings (SSSR count). The maximum absolute atomic E-state index is 14.1. The molecule has 1 amide bonds. The van der Waals surface area contributed by atoms with E-state index in [1.807, 2.05) is 14.0 Å². The van der Waals surface area contributed by atoms with E-state index in [-0.39, 0.29) is 17.6 Å². The molecule has 2 atom stereocenters. The first-order chi connectivity index (χ1) is 13.8. The molecule has 0 bridgehead atoms. The van der Waals surface area contributed by atoms with E-state index in [9.17, 15) is 14.3 Å². The highest BCUT2D eigenvalue weighted by molar-refractivity contribution is 5.66. The van der Waals surface area contributed by atoms with Gasteiger partial charge in [-0.15, -0.1) is 0 Å². The quantitative estimate of drug-likeness (QED) is 0.764. The summed E-state index contributed by atoms with van der Waals surface area (Å²) in [4.78, 5) is 21.7. The van der Waals surface area contributed by atoms with Gasteiger partial charge in [-0.2, -0.15) is 10.2 Å². The van der Waals surface area contributed by atoms with Crippen LogP contribution < -0.4 is 10.2 Å². The number of nitrogens with zero attached hydrogens (tertiary/aromatic N) is 5. The van der Waals surface area contributed by atoms with Crippen LogP contribution in [0.5, 0.6) is 0 Å². The molecule has 1 aromatic carbocycles. The molecule has 1 unspecified atom stereocenters. The van der Waals surface area contributed by atoms with Crippen LogP contribution in [0.25, 0.3) is 11.3 Å². The van der Waals surface area contributed by atoms with Crippen LogP contribution in [0.2, 0.25) is 0 Å². The monoisotopic (exact) mass is 399 g/mol. The first-order valence-corrected chi connectivity index (χ1v) is 9.46. The van der Waals surface area contributed by atoms with Crippen LogP contribution in [0.3, 0.4) is 0 Å². The Morgan fingerprint density at radius 1 is 1.45 bits per heavy atom. The van der Waals surface area contributed by atoms with Crippen LogP contribution in [-0.2, 0) is 0 Å². The number of likely N-dealkylation sites (tertiary alicyclic amines) is 1. The van der Waals surface area contributed by atoms with Crippen LogP contribution in [0.4, 0.5) is 21.0 Å². The molecule has 1 saturated heterocycles. The van der Waals surface area contributed by atoms with Gasteiger partial charge in [0.05, 0.1) is 30.9 Å². The third-order valence-electron chi connectivity index (χ3n) is 5.50. The average Bonchev–Trinajstić information content (AvgIpc) is 2.68. The second-order valence-electron chi connectivity index (χ2n) is 7.44. The fraction of sp³-hybridized carbons (Fsp3) is 0.400. The van der Waals surface area contributed by atoms with Gasteiger partial charge >= 0.3 is 6.09 Å². The Hall–Kier alpha value is -3.25. The summed E-state index contributed by atoms with van der Waals surface area (Å²) in [6.07, 6.45) is 0.708. The van der Waals surface area contributed by atoms with Gasteiger partial charge in [0.15, 0.2) is 0 Å². The van der Waals surface area contributed by atoms with Gasteiger partial charge in [-0.25, -0.2) is 14.2 Å². The molecule has 9 heteroatoms. The van der Waals surface area contributed by atoms with Gasteiger partial charge in [-0.3, -0.25) is 9.38 Å². The average molecular weight is 399 g/mol. The lowest BCUT2D eigenvalue weighted by Crippen LogP contribution is -2.59. The minimum Gasteiger partial charge on any atom is -0.465 e. The van der Waals surface area contributed by atoms with Crippen LogP contribution in [0.15, 0.2) is 24.3 Å². The minimum absolute atomic E-state index is 0.0396. The molecule has 1 aliphatic heterocycles. The number of halogens is 1. The Morgan fingerprint density at radius 2 is 2.21 bits per heavy atom. The Bertz CT molecular complexity index is 976. The smallest absolute Gasteiger partial charge is 0.407 e. The number of quaternary nitrogens is 1. The van der Waals surface area contributed by atoms with E-state index in [0.717, 1.165) is 19.4 Å². The molecule has 152 valence electrons. The largest absolute Gasteiger partial charge is 0.465 e. The third kappa shape index (κ3) is 4.12. The minimum atomic E-state index is -0.929. The predicted molar refractivity (Wildman–Crippen MR) is 107 cm³/mol. The van der Waals surface area contributed by atoms with Crippen molar-refractivity contribution in [3.63, 3.8) is 0 Å². The van der Waals surface area contributed by atoms with Gasteiger partial charge < -0.3 is 10.8 Å². The Morgan fingerprint density at radius 3 is 2.83 bits per heavy atom. The van der Waals surface area contributed by atoms with Crippen molar-refractivity contribution in [2.45, 2.75) is 25.8 Å². The van der Waals surface area contributed by atoms with Gasteiger partial charge in [0.2, 0.25) is 11.8 Å². The number of carboxylic acid groups (broad SMARTS) is 1.